The van der Waals surface area contributed by atoms with E-state index in [-0.39, 0.29) is 18.5 Å². The number of benzene rings is 1. The number of rotatable bonds is 3. The highest BCUT2D eigenvalue weighted by molar-refractivity contribution is 5.21. The summed E-state index contributed by atoms with van der Waals surface area (Å²) in [5.74, 6) is -0.256. The van der Waals surface area contributed by atoms with E-state index in [1.807, 2.05) is 0 Å². The zero-order chi connectivity index (χ0) is 11.4. The molecular formula is C12H16FNO2. The maximum Gasteiger partial charge on any atom is 0.128 e. The van der Waals surface area contributed by atoms with Gasteiger partial charge in [0.1, 0.15) is 5.82 Å². The lowest BCUT2D eigenvalue weighted by atomic mass is 10.0. The van der Waals surface area contributed by atoms with Crippen LogP contribution in [0.1, 0.15) is 11.6 Å². The van der Waals surface area contributed by atoms with Gasteiger partial charge in [-0.15, -0.1) is 0 Å². The third-order valence-electron chi connectivity index (χ3n) is 2.92. The number of nitrogens with zero attached hydrogens (tertiary/aromatic N) is 1. The van der Waals surface area contributed by atoms with E-state index in [1.54, 1.807) is 18.2 Å². The second-order valence-corrected chi connectivity index (χ2v) is 3.87. The van der Waals surface area contributed by atoms with Crippen LogP contribution in [0.5, 0.6) is 0 Å². The van der Waals surface area contributed by atoms with E-state index >= 15 is 0 Å². The standard InChI is InChI=1S/C12H16FNO2/c13-11-4-2-1-3-10(11)12(9-15)14-5-7-16-8-6-14/h1-4,12,15H,5-9H2/t12-/m1/s1. The van der Waals surface area contributed by atoms with Gasteiger partial charge in [-0.2, -0.15) is 0 Å². The highest BCUT2D eigenvalue weighted by Gasteiger charge is 2.23. The van der Waals surface area contributed by atoms with E-state index < -0.39 is 0 Å². The second kappa shape index (κ2) is 5.39. The van der Waals surface area contributed by atoms with E-state index in [2.05, 4.69) is 4.90 Å². The topological polar surface area (TPSA) is 32.7 Å². The first-order chi connectivity index (χ1) is 7.83. The molecule has 0 unspecified atom stereocenters. The van der Waals surface area contributed by atoms with Crippen molar-refractivity contribution in [3.05, 3.63) is 35.6 Å². The van der Waals surface area contributed by atoms with Crippen molar-refractivity contribution in [3.63, 3.8) is 0 Å². The van der Waals surface area contributed by atoms with E-state index in [0.29, 0.717) is 18.8 Å². The summed E-state index contributed by atoms with van der Waals surface area (Å²) in [6.07, 6.45) is 0. The molecule has 0 amide bonds. The Balaban J connectivity index is 2.18. The predicted molar refractivity (Wildman–Crippen MR) is 58.6 cm³/mol. The van der Waals surface area contributed by atoms with Crippen molar-refractivity contribution in [2.45, 2.75) is 6.04 Å². The average Bonchev–Trinajstić information content (AvgIpc) is 2.34. The van der Waals surface area contributed by atoms with Gasteiger partial charge >= 0.3 is 0 Å². The Bertz CT molecular complexity index is 340. The van der Waals surface area contributed by atoms with Crippen LogP contribution >= 0.6 is 0 Å². The molecule has 1 heterocycles. The van der Waals surface area contributed by atoms with E-state index in [9.17, 15) is 9.50 Å². The Morgan fingerprint density at radius 2 is 2.00 bits per heavy atom. The monoisotopic (exact) mass is 225 g/mol. The normalized spacial score (nSPS) is 19.6. The lowest BCUT2D eigenvalue weighted by Crippen LogP contribution is -2.40. The van der Waals surface area contributed by atoms with E-state index in [4.69, 9.17) is 4.74 Å². The van der Waals surface area contributed by atoms with Crippen LogP contribution in [0.25, 0.3) is 0 Å². The van der Waals surface area contributed by atoms with Gasteiger partial charge in [0.2, 0.25) is 0 Å². The molecule has 0 bridgehead atoms. The maximum atomic E-state index is 13.6. The first kappa shape index (κ1) is 11.5. The van der Waals surface area contributed by atoms with Crippen molar-refractivity contribution in [1.29, 1.82) is 0 Å². The number of aliphatic hydroxyl groups is 1. The molecule has 1 N–H and O–H groups in total. The predicted octanol–water partition coefficient (Wildman–Crippen LogP) is 1.19. The fourth-order valence-electron chi connectivity index (χ4n) is 2.04. The highest BCUT2D eigenvalue weighted by atomic mass is 19.1. The van der Waals surface area contributed by atoms with Gasteiger partial charge in [-0.25, -0.2) is 4.39 Å². The van der Waals surface area contributed by atoms with Gasteiger partial charge in [0.05, 0.1) is 25.9 Å². The van der Waals surface area contributed by atoms with Crippen molar-refractivity contribution in [2.24, 2.45) is 0 Å². The van der Waals surface area contributed by atoms with Crippen LogP contribution in [0.4, 0.5) is 4.39 Å². The van der Waals surface area contributed by atoms with Crippen LogP contribution in [0.15, 0.2) is 24.3 Å². The summed E-state index contributed by atoms with van der Waals surface area (Å²) < 4.78 is 18.9. The number of aliphatic hydroxyl groups excluding tert-OH is 1. The van der Waals surface area contributed by atoms with Crippen LogP contribution in [-0.4, -0.2) is 42.9 Å². The quantitative estimate of drug-likeness (QED) is 0.838. The molecule has 0 saturated carbocycles. The summed E-state index contributed by atoms with van der Waals surface area (Å²) in [5.41, 5.74) is 0.562. The molecule has 1 fully saturated rings. The molecule has 1 saturated heterocycles. The van der Waals surface area contributed by atoms with E-state index in [0.717, 1.165) is 13.1 Å². The van der Waals surface area contributed by atoms with Crippen molar-refractivity contribution in [1.82, 2.24) is 4.90 Å². The molecule has 0 aromatic heterocycles. The Kier molecular flexibility index (Phi) is 3.88. The minimum absolute atomic E-state index is 0.0685. The second-order valence-electron chi connectivity index (χ2n) is 3.87. The van der Waals surface area contributed by atoms with Crippen molar-refractivity contribution >= 4 is 0 Å². The molecule has 3 nitrogen and oxygen atoms in total. The highest BCUT2D eigenvalue weighted by Crippen LogP contribution is 2.23. The fraction of sp³-hybridized carbons (Fsp3) is 0.500. The first-order valence-electron chi connectivity index (χ1n) is 5.50. The van der Waals surface area contributed by atoms with Crippen LogP contribution in [-0.2, 0) is 4.74 Å². The Labute approximate surface area is 94.4 Å². The third-order valence-corrected chi connectivity index (χ3v) is 2.92. The van der Waals surface area contributed by atoms with Crippen LogP contribution in [0.3, 0.4) is 0 Å². The summed E-state index contributed by atoms with van der Waals surface area (Å²) in [4.78, 5) is 2.06. The number of morpholine rings is 1. The molecule has 0 aliphatic carbocycles. The molecule has 1 atom stereocenters. The minimum atomic E-state index is -0.259. The minimum Gasteiger partial charge on any atom is -0.394 e. The van der Waals surface area contributed by atoms with E-state index in [1.165, 1.54) is 6.07 Å². The van der Waals surface area contributed by atoms with Gasteiger partial charge in [-0.3, -0.25) is 4.90 Å². The zero-order valence-corrected chi connectivity index (χ0v) is 9.10. The van der Waals surface area contributed by atoms with Crippen molar-refractivity contribution in [3.8, 4) is 0 Å². The summed E-state index contributed by atoms with van der Waals surface area (Å²) in [6.45, 7) is 2.69. The van der Waals surface area contributed by atoms with Crippen LogP contribution in [0.2, 0.25) is 0 Å². The largest absolute Gasteiger partial charge is 0.394 e. The summed E-state index contributed by atoms with van der Waals surface area (Å²) in [7, 11) is 0. The SMILES string of the molecule is OC[C@H](c1ccccc1F)N1CCOCC1. The molecule has 0 radical (unpaired) electrons. The molecule has 0 spiro atoms. The average molecular weight is 225 g/mol. The smallest absolute Gasteiger partial charge is 0.128 e. The number of hydrogen-bond donors (Lipinski definition) is 1. The lowest BCUT2D eigenvalue weighted by molar-refractivity contribution is 0.00173. The Hall–Kier alpha value is -0.970. The summed E-state index contributed by atoms with van der Waals surface area (Å²) in [6, 6.07) is 6.35. The van der Waals surface area contributed by atoms with Gasteiger partial charge in [-0.1, -0.05) is 18.2 Å². The zero-order valence-electron chi connectivity index (χ0n) is 9.10. The first-order valence-corrected chi connectivity index (χ1v) is 5.50. The third kappa shape index (κ3) is 2.40. The van der Waals surface area contributed by atoms with Crippen molar-refractivity contribution < 1.29 is 14.2 Å². The summed E-state index contributed by atoms with van der Waals surface area (Å²) >= 11 is 0. The number of hydrogen-bond acceptors (Lipinski definition) is 3. The van der Waals surface area contributed by atoms with Crippen LogP contribution in [0, 0.1) is 5.82 Å². The summed E-state index contributed by atoms with van der Waals surface area (Å²) in [5, 5.41) is 9.41. The molecule has 16 heavy (non-hydrogen) atoms. The number of ether oxygens (including phenoxy) is 1. The maximum absolute atomic E-state index is 13.6. The molecule has 88 valence electrons. The van der Waals surface area contributed by atoms with Crippen molar-refractivity contribution in [2.75, 3.05) is 32.9 Å². The molecule has 1 aliphatic rings. The molecule has 2 rings (SSSR count). The molecule has 1 aromatic rings. The Morgan fingerprint density at radius 3 is 2.62 bits per heavy atom. The molecule has 1 aliphatic heterocycles. The van der Waals surface area contributed by atoms with Gasteiger partial charge in [0.25, 0.3) is 0 Å². The van der Waals surface area contributed by atoms with Gasteiger partial charge in [-0.05, 0) is 6.07 Å². The number of halogens is 1. The molecule has 4 heteroatoms. The Morgan fingerprint density at radius 1 is 1.31 bits per heavy atom. The lowest BCUT2D eigenvalue weighted by Gasteiger charge is -2.33. The molecular weight excluding hydrogens is 209 g/mol. The van der Waals surface area contributed by atoms with Gasteiger partial charge in [0, 0.05) is 18.7 Å². The van der Waals surface area contributed by atoms with Gasteiger partial charge in [0.15, 0.2) is 0 Å². The van der Waals surface area contributed by atoms with Crippen LogP contribution < -0.4 is 0 Å². The van der Waals surface area contributed by atoms with Gasteiger partial charge < -0.3 is 9.84 Å². The molecule has 1 aromatic carbocycles. The fourth-order valence-corrected chi connectivity index (χ4v) is 2.04.